The Morgan fingerprint density at radius 1 is 0.938 bits per heavy atom. The minimum absolute atomic E-state index is 0.0772. The van der Waals surface area contributed by atoms with Crippen LogP contribution in [0.3, 0.4) is 0 Å². The van der Waals surface area contributed by atoms with E-state index in [1.807, 2.05) is 27.2 Å². The summed E-state index contributed by atoms with van der Waals surface area (Å²) in [5, 5.41) is 18.3. The SMILES string of the molecule is CCCCCCCCCCCCC/C=C/C(O)C(N)CO.C[N+](C)(C)CCOP(=O)(O)O. The molecule has 0 aromatic rings. The van der Waals surface area contributed by atoms with Crippen LogP contribution in [-0.2, 0) is 9.09 Å². The molecule has 2 unspecified atom stereocenters. The Morgan fingerprint density at radius 2 is 1.41 bits per heavy atom. The van der Waals surface area contributed by atoms with Gasteiger partial charge in [-0.05, 0) is 12.8 Å². The highest BCUT2D eigenvalue weighted by atomic mass is 31.2. The molecule has 0 aliphatic heterocycles. The first kappa shape index (κ1) is 33.9. The van der Waals surface area contributed by atoms with Gasteiger partial charge in [-0.3, -0.25) is 4.52 Å². The number of rotatable bonds is 19. The van der Waals surface area contributed by atoms with E-state index in [0.29, 0.717) is 11.0 Å². The van der Waals surface area contributed by atoms with Crippen molar-refractivity contribution in [3.8, 4) is 0 Å². The van der Waals surface area contributed by atoms with E-state index in [-0.39, 0.29) is 13.2 Å². The fraction of sp³-hybridized carbons (Fsp3) is 0.913. The largest absolute Gasteiger partial charge is 0.469 e. The molecule has 0 saturated heterocycles. The molecule has 0 heterocycles. The summed E-state index contributed by atoms with van der Waals surface area (Å²) in [6.07, 6.45) is 18.8. The number of phosphoric ester groups is 1. The molecule has 0 rings (SSSR count). The number of unbranched alkanes of at least 4 members (excludes halogenated alkanes) is 11. The van der Waals surface area contributed by atoms with Crippen molar-refractivity contribution in [2.45, 2.75) is 96.1 Å². The zero-order valence-electron chi connectivity index (χ0n) is 21.0. The molecule has 0 spiro atoms. The van der Waals surface area contributed by atoms with Crippen LogP contribution in [0.15, 0.2) is 12.2 Å². The number of phosphoric acid groups is 1. The number of hydrogen-bond donors (Lipinski definition) is 5. The fourth-order valence-corrected chi connectivity index (χ4v) is 3.17. The number of nitrogens with zero attached hydrogens (tertiary/aromatic N) is 1. The van der Waals surface area contributed by atoms with Gasteiger partial charge < -0.3 is 30.2 Å². The van der Waals surface area contributed by atoms with Crippen molar-refractivity contribution in [1.82, 2.24) is 0 Å². The molecule has 9 heteroatoms. The first-order chi connectivity index (χ1) is 14.9. The van der Waals surface area contributed by atoms with Gasteiger partial charge in [0.15, 0.2) is 0 Å². The Hall–Kier alpha value is -0.310. The van der Waals surface area contributed by atoms with Crippen LogP contribution in [0.1, 0.15) is 84.0 Å². The summed E-state index contributed by atoms with van der Waals surface area (Å²) in [7, 11) is 1.50. The molecule has 2 atom stereocenters. The van der Waals surface area contributed by atoms with Gasteiger partial charge in [0.05, 0.1) is 39.9 Å². The Kier molecular flexibility index (Phi) is 22.5. The lowest BCUT2D eigenvalue weighted by Gasteiger charge is -2.23. The first-order valence-electron chi connectivity index (χ1n) is 12.1. The van der Waals surface area contributed by atoms with Crippen LogP contribution in [0.4, 0.5) is 0 Å². The summed E-state index contributed by atoms with van der Waals surface area (Å²) in [6.45, 7) is 2.74. The van der Waals surface area contributed by atoms with E-state index in [0.717, 1.165) is 6.42 Å². The van der Waals surface area contributed by atoms with Crippen molar-refractivity contribution in [3.63, 3.8) is 0 Å². The highest BCUT2D eigenvalue weighted by molar-refractivity contribution is 7.46. The second-order valence-corrected chi connectivity index (χ2v) is 10.7. The molecule has 0 aromatic heterocycles. The molecular weight excluding hydrogens is 431 g/mol. The Morgan fingerprint density at radius 3 is 1.81 bits per heavy atom. The van der Waals surface area contributed by atoms with Crippen molar-refractivity contribution in [2.24, 2.45) is 5.73 Å². The van der Waals surface area contributed by atoms with E-state index >= 15 is 0 Å². The molecule has 0 aliphatic rings. The predicted octanol–water partition coefficient (Wildman–Crippen LogP) is 3.73. The maximum absolute atomic E-state index is 10.2. The smallest absolute Gasteiger partial charge is 0.395 e. The molecule has 0 amide bonds. The molecular formula is C23H52N2O6P+. The molecule has 0 fully saturated rings. The lowest BCUT2D eigenvalue weighted by atomic mass is 10.0. The lowest BCUT2D eigenvalue weighted by Crippen LogP contribution is -2.37. The molecule has 0 aliphatic carbocycles. The van der Waals surface area contributed by atoms with Crippen LogP contribution in [0.25, 0.3) is 0 Å². The molecule has 0 bridgehead atoms. The topological polar surface area (TPSA) is 133 Å². The first-order valence-corrected chi connectivity index (χ1v) is 13.7. The Balaban J connectivity index is 0. The number of hydrogen-bond acceptors (Lipinski definition) is 5. The third kappa shape index (κ3) is 29.7. The summed E-state index contributed by atoms with van der Waals surface area (Å²) in [4.78, 5) is 16.6. The van der Waals surface area contributed by atoms with Gasteiger partial charge in [-0.25, -0.2) is 4.57 Å². The molecule has 6 N–H and O–H groups in total. The van der Waals surface area contributed by atoms with Gasteiger partial charge >= 0.3 is 7.82 Å². The number of quaternary nitrogens is 1. The molecule has 194 valence electrons. The lowest BCUT2D eigenvalue weighted by molar-refractivity contribution is -0.870. The minimum atomic E-state index is -4.26. The Bertz CT molecular complexity index is 480. The summed E-state index contributed by atoms with van der Waals surface area (Å²) < 4.78 is 15.1. The van der Waals surface area contributed by atoms with Gasteiger partial charge in [0.1, 0.15) is 13.2 Å². The van der Waals surface area contributed by atoms with Crippen molar-refractivity contribution in [1.29, 1.82) is 0 Å². The van der Waals surface area contributed by atoms with E-state index < -0.39 is 20.0 Å². The maximum Gasteiger partial charge on any atom is 0.469 e. The van der Waals surface area contributed by atoms with E-state index in [9.17, 15) is 9.67 Å². The van der Waals surface area contributed by atoms with Crippen LogP contribution in [0.5, 0.6) is 0 Å². The van der Waals surface area contributed by atoms with E-state index in [2.05, 4.69) is 11.4 Å². The second kappa shape index (κ2) is 21.2. The normalized spacial score (nSPS) is 14.3. The van der Waals surface area contributed by atoms with Gasteiger partial charge in [0.2, 0.25) is 0 Å². The van der Waals surface area contributed by atoms with Crippen LogP contribution >= 0.6 is 7.82 Å². The maximum atomic E-state index is 10.2. The van der Waals surface area contributed by atoms with E-state index in [1.54, 1.807) is 6.08 Å². The van der Waals surface area contributed by atoms with Crippen molar-refractivity contribution < 1.29 is 33.6 Å². The van der Waals surface area contributed by atoms with Gasteiger partial charge in [-0.15, -0.1) is 0 Å². The van der Waals surface area contributed by atoms with Gasteiger partial charge in [-0.1, -0.05) is 83.3 Å². The summed E-state index contributed by atoms with van der Waals surface area (Å²) >= 11 is 0. The number of aliphatic hydroxyl groups is 2. The number of allylic oxidation sites excluding steroid dienone is 1. The molecule has 32 heavy (non-hydrogen) atoms. The number of aliphatic hydroxyl groups excluding tert-OH is 2. The fourth-order valence-electron chi connectivity index (χ4n) is 2.85. The van der Waals surface area contributed by atoms with E-state index in [4.69, 9.17) is 20.6 Å². The monoisotopic (exact) mass is 483 g/mol. The van der Waals surface area contributed by atoms with Crippen molar-refractivity contribution in [3.05, 3.63) is 12.2 Å². The average Bonchev–Trinajstić information content (AvgIpc) is 2.69. The molecule has 0 radical (unpaired) electrons. The zero-order valence-corrected chi connectivity index (χ0v) is 21.9. The second-order valence-electron chi connectivity index (χ2n) is 9.43. The highest BCUT2D eigenvalue weighted by Gasteiger charge is 2.16. The van der Waals surface area contributed by atoms with Crippen LogP contribution in [-0.4, -0.2) is 77.5 Å². The van der Waals surface area contributed by atoms with Gasteiger partial charge in [-0.2, -0.15) is 0 Å². The Labute approximate surface area is 196 Å². The molecule has 0 aromatic carbocycles. The summed E-state index contributed by atoms with van der Waals surface area (Å²) in [6, 6.07) is -0.557. The average molecular weight is 484 g/mol. The third-order valence-electron chi connectivity index (χ3n) is 4.98. The van der Waals surface area contributed by atoms with E-state index in [1.165, 1.54) is 70.6 Å². The van der Waals surface area contributed by atoms with Crippen molar-refractivity contribution >= 4 is 7.82 Å². The van der Waals surface area contributed by atoms with Crippen LogP contribution in [0, 0.1) is 0 Å². The van der Waals surface area contributed by atoms with Crippen LogP contribution < -0.4 is 5.73 Å². The summed E-state index contributed by atoms with van der Waals surface area (Å²) in [5.74, 6) is 0. The zero-order chi connectivity index (χ0) is 24.9. The van der Waals surface area contributed by atoms with Gasteiger partial charge in [0, 0.05) is 0 Å². The number of likely N-dealkylation sites (N-methyl/N-ethyl adjacent to an activating group) is 1. The van der Waals surface area contributed by atoms with Crippen LogP contribution in [0.2, 0.25) is 0 Å². The summed E-state index contributed by atoms with van der Waals surface area (Å²) in [5.41, 5.74) is 5.51. The van der Waals surface area contributed by atoms with Gasteiger partial charge in [0.25, 0.3) is 0 Å². The number of nitrogens with two attached hydrogens (primary N) is 1. The predicted molar refractivity (Wildman–Crippen MR) is 132 cm³/mol. The quantitative estimate of drug-likeness (QED) is 0.0818. The van der Waals surface area contributed by atoms with Crippen molar-refractivity contribution in [2.75, 3.05) is 40.9 Å². The third-order valence-corrected chi connectivity index (χ3v) is 5.50. The standard InChI is InChI=1S/C18H37NO2.C5H14NO4P/c1-2-3-4-5-6-7-8-9-10-11-12-13-14-15-18(21)17(19)16-20;1-6(2,3)4-5-10-11(7,8)9/h14-15,17-18,20-21H,2-13,16,19H2,1H3;4-5H2,1-3H3,(H-,7,8,9)/p+1/b15-14+;. The molecule has 8 nitrogen and oxygen atoms in total. The molecule has 0 saturated carbocycles. The highest BCUT2D eigenvalue weighted by Crippen LogP contribution is 2.35. The minimum Gasteiger partial charge on any atom is -0.395 e.